The Morgan fingerprint density at radius 2 is 1.97 bits per heavy atom. The Morgan fingerprint density at radius 3 is 2.72 bits per heavy atom. The minimum Gasteiger partial charge on any atom is -0.320 e. The van der Waals surface area contributed by atoms with Gasteiger partial charge in [0.1, 0.15) is 16.8 Å². The van der Waals surface area contributed by atoms with Gasteiger partial charge in [0.25, 0.3) is 5.69 Å². The van der Waals surface area contributed by atoms with Gasteiger partial charge in [-0.1, -0.05) is 54.2 Å². The Bertz CT molecular complexity index is 1210. The van der Waals surface area contributed by atoms with E-state index in [4.69, 9.17) is 0 Å². The van der Waals surface area contributed by atoms with Crippen LogP contribution in [0.3, 0.4) is 0 Å². The quantitative estimate of drug-likeness (QED) is 0.330. The minimum absolute atomic E-state index is 0.000838. The fraction of sp³-hybridized carbons (Fsp3) is 0.208. The normalized spacial score (nSPS) is 14.8. The van der Waals surface area contributed by atoms with E-state index in [0.717, 1.165) is 30.5 Å². The third kappa shape index (κ3) is 4.79. The maximum Gasteiger partial charge on any atom is 0.292 e. The summed E-state index contributed by atoms with van der Waals surface area (Å²) in [6, 6.07) is 20.4. The molecule has 0 bridgehead atoms. The lowest BCUT2D eigenvalue weighted by Gasteiger charge is -2.25. The topological polar surface area (TPSA) is 109 Å². The molecule has 1 aliphatic rings. The smallest absolute Gasteiger partial charge is 0.292 e. The van der Waals surface area contributed by atoms with Gasteiger partial charge in [-0.25, -0.2) is 4.98 Å². The molecule has 160 valence electrons. The van der Waals surface area contributed by atoms with E-state index in [2.05, 4.69) is 28.5 Å². The lowest BCUT2D eigenvalue weighted by atomic mass is 9.82. The van der Waals surface area contributed by atoms with Crippen molar-refractivity contribution in [1.82, 2.24) is 4.98 Å². The van der Waals surface area contributed by atoms with Gasteiger partial charge in [-0.2, -0.15) is 5.26 Å². The number of thioether (sulfide) groups is 1. The lowest BCUT2D eigenvalue weighted by molar-refractivity contribution is -0.383. The molecule has 0 radical (unpaired) electrons. The number of nitrogens with zero attached hydrogens (tertiary/aromatic N) is 3. The van der Waals surface area contributed by atoms with Crippen molar-refractivity contribution < 1.29 is 9.72 Å². The van der Waals surface area contributed by atoms with Gasteiger partial charge in [0, 0.05) is 11.8 Å². The van der Waals surface area contributed by atoms with Crippen molar-refractivity contribution in [2.75, 3.05) is 11.1 Å². The van der Waals surface area contributed by atoms with Gasteiger partial charge < -0.3 is 5.32 Å². The van der Waals surface area contributed by atoms with E-state index < -0.39 is 10.8 Å². The molecule has 0 saturated carbocycles. The number of fused-ring (bicyclic) bond motifs is 1. The maximum atomic E-state index is 12.4. The highest BCUT2D eigenvalue weighted by Gasteiger charge is 2.23. The average molecular weight is 445 g/mol. The number of para-hydroxylation sites is 2. The van der Waals surface area contributed by atoms with Crippen molar-refractivity contribution in [2.45, 2.75) is 30.2 Å². The molecule has 0 spiro atoms. The van der Waals surface area contributed by atoms with E-state index in [1.54, 1.807) is 12.1 Å². The summed E-state index contributed by atoms with van der Waals surface area (Å²) in [5, 5.41) is 23.8. The summed E-state index contributed by atoms with van der Waals surface area (Å²) in [5.74, 6) is 0.0129. The highest BCUT2D eigenvalue weighted by molar-refractivity contribution is 8.00. The molecule has 1 aliphatic carbocycles. The lowest BCUT2D eigenvalue weighted by Crippen LogP contribution is -2.17. The minimum atomic E-state index is -0.537. The number of hydrogen-bond donors (Lipinski definition) is 1. The second kappa shape index (κ2) is 9.62. The Morgan fingerprint density at radius 1 is 1.22 bits per heavy atom. The molecule has 3 aromatic rings. The number of nitriles is 1. The Labute approximate surface area is 189 Å². The molecule has 0 fully saturated rings. The van der Waals surface area contributed by atoms with Crippen molar-refractivity contribution >= 4 is 29.0 Å². The summed E-state index contributed by atoms with van der Waals surface area (Å²) in [7, 11) is 0. The van der Waals surface area contributed by atoms with Crippen LogP contribution in [-0.2, 0) is 17.6 Å². The van der Waals surface area contributed by atoms with Crippen LogP contribution in [0.5, 0.6) is 0 Å². The van der Waals surface area contributed by atoms with Gasteiger partial charge in [0.2, 0.25) is 5.91 Å². The molecule has 1 aromatic heterocycles. The van der Waals surface area contributed by atoms with Crippen LogP contribution in [-0.4, -0.2) is 21.6 Å². The SMILES string of the molecule is N#Cc1cc2c(nc1SCC(=O)Nc1ccccc1[N+](=O)[O-])CC[C@@H](c1ccccc1)C2. The first-order valence-electron chi connectivity index (χ1n) is 10.2. The number of nitrogens with one attached hydrogen (secondary N) is 1. The second-order valence-corrected chi connectivity index (χ2v) is 8.48. The highest BCUT2D eigenvalue weighted by atomic mass is 32.2. The van der Waals surface area contributed by atoms with Crippen molar-refractivity contribution in [1.29, 1.82) is 5.26 Å². The van der Waals surface area contributed by atoms with Gasteiger partial charge in [0.15, 0.2) is 0 Å². The zero-order valence-corrected chi connectivity index (χ0v) is 18.0. The van der Waals surface area contributed by atoms with E-state index >= 15 is 0 Å². The molecule has 1 amide bonds. The molecule has 8 heteroatoms. The number of pyridine rings is 1. The number of amides is 1. The number of carbonyl (C=O) groups is 1. The Kier molecular flexibility index (Phi) is 6.47. The monoisotopic (exact) mass is 444 g/mol. The van der Waals surface area contributed by atoms with Crippen molar-refractivity contribution in [3.8, 4) is 6.07 Å². The number of nitro benzene ring substituents is 1. The molecule has 0 unspecified atom stereocenters. The van der Waals surface area contributed by atoms with Crippen LogP contribution in [0.1, 0.15) is 34.7 Å². The Hall–Kier alpha value is -3.70. The fourth-order valence-corrected chi connectivity index (χ4v) is 4.68. The molecular weight excluding hydrogens is 424 g/mol. The first-order valence-corrected chi connectivity index (χ1v) is 11.2. The average Bonchev–Trinajstić information content (AvgIpc) is 2.82. The predicted octanol–water partition coefficient (Wildman–Crippen LogP) is 4.86. The molecule has 1 atom stereocenters. The van der Waals surface area contributed by atoms with E-state index in [0.29, 0.717) is 16.5 Å². The fourth-order valence-electron chi connectivity index (χ4n) is 3.90. The van der Waals surface area contributed by atoms with E-state index in [-0.39, 0.29) is 17.1 Å². The van der Waals surface area contributed by atoms with Gasteiger partial charge in [-0.15, -0.1) is 0 Å². The first kappa shape index (κ1) is 21.5. The summed E-state index contributed by atoms with van der Waals surface area (Å²) in [4.78, 5) is 27.7. The zero-order valence-electron chi connectivity index (χ0n) is 17.2. The van der Waals surface area contributed by atoms with Crippen molar-refractivity contribution in [3.05, 3.63) is 93.2 Å². The van der Waals surface area contributed by atoms with Crippen molar-refractivity contribution in [2.24, 2.45) is 0 Å². The molecule has 0 saturated heterocycles. The molecule has 1 N–H and O–H groups in total. The summed E-state index contributed by atoms with van der Waals surface area (Å²) in [5.41, 5.74) is 3.77. The van der Waals surface area contributed by atoms with Crippen LogP contribution in [0, 0.1) is 21.4 Å². The summed E-state index contributed by atoms with van der Waals surface area (Å²) < 4.78 is 0. The number of carbonyl (C=O) groups excluding carboxylic acids is 1. The van der Waals surface area contributed by atoms with Crippen LogP contribution in [0.15, 0.2) is 65.7 Å². The number of aryl methyl sites for hydroxylation is 1. The first-order chi connectivity index (χ1) is 15.5. The third-order valence-electron chi connectivity index (χ3n) is 5.46. The molecule has 7 nitrogen and oxygen atoms in total. The van der Waals surface area contributed by atoms with Gasteiger partial charge in [0.05, 0.1) is 16.2 Å². The predicted molar refractivity (Wildman–Crippen MR) is 123 cm³/mol. The summed E-state index contributed by atoms with van der Waals surface area (Å²) in [6.07, 6.45) is 2.64. The number of hydrogen-bond acceptors (Lipinski definition) is 6. The molecular formula is C24H20N4O3S. The van der Waals surface area contributed by atoms with Gasteiger partial charge in [-0.3, -0.25) is 14.9 Å². The zero-order chi connectivity index (χ0) is 22.5. The van der Waals surface area contributed by atoms with Crippen LogP contribution in [0.4, 0.5) is 11.4 Å². The molecule has 2 aromatic carbocycles. The van der Waals surface area contributed by atoms with Gasteiger partial charge in [-0.05, 0) is 48.4 Å². The van der Waals surface area contributed by atoms with Crippen molar-refractivity contribution in [3.63, 3.8) is 0 Å². The van der Waals surface area contributed by atoms with Crippen LogP contribution in [0.2, 0.25) is 0 Å². The molecule has 4 rings (SSSR count). The number of aromatic nitrogens is 1. The number of nitro groups is 1. The standard InChI is InChI=1S/C24H20N4O3S/c25-14-19-13-18-12-17(16-6-2-1-3-7-16)10-11-20(18)27-24(19)32-15-23(29)26-21-8-4-5-9-22(21)28(30)31/h1-9,13,17H,10-12,15H2,(H,26,29)/t17-/m1/s1. The highest BCUT2D eigenvalue weighted by Crippen LogP contribution is 2.34. The molecule has 32 heavy (non-hydrogen) atoms. The van der Waals surface area contributed by atoms with E-state index in [1.165, 1.54) is 29.5 Å². The van der Waals surface area contributed by atoms with Gasteiger partial charge >= 0.3 is 0 Å². The third-order valence-corrected chi connectivity index (χ3v) is 6.45. The van der Waals surface area contributed by atoms with Crippen LogP contribution in [0.25, 0.3) is 0 Å². The summed E-state index contributed by atoms with van der Waals surface area (Å²) in [6.45, 7) is 0. The number of benzene rings is 2. The second-order valence-electron chi connectivity index (χ2n) is 7.52. The molecule has 0 aliphatic heterocycles. The van der Waals surface area contributed by atoms with Crippen LogP contribution < -0.4 is 5.32 Å². The Balaban J connectivity index is 1.46. The van der Waals surface area contributed by atoms with E-state index in [9.17, 15) is 20.2 Å². The molecule has 1 heterocycles. The number of anilines is 1. The van der Waals surface area contributed by atoms with E-state index in [1.807, 2.05) is 24.3 Å². The maximum absolute atomic E-state index is 12.4. The number of rotatable bonds is 6. The summed E-state index contributed by atoms with van der Waals surface area (Å²) >= 11 is 1.17. The van der Waals surface area contributed by atoms with Crippen LogP contribution >= 0.6 is 11.8 Å². The largest absolute Gasteiger partial charge is 0.320 e.